The molecule has 1 amide bonds. The molecule has 0 saturated carbocycles. The second-order valence-corrected chi connectivity index (χ2v) is 7.13. The van der Waals surface area contributed by atoms with Crippen LogP contribution in [0.5, 0.6) is 0 Å². The van der Waals surface area contributed by atoms with Crippen molar-refractivity contribution in [1.29, 1.82) is 0 Å². The fourth-order valence-electron chi connectivity index (χ4n) is 2.29. The van der Waals surface area contributed by atoms with Gasteiger partial charge >= 0.3 is 0 Å². The maximum Gasteiger partial charge on any atom is 0.258 e. The normalized spacial score (nSPS) is 11.6. The molecule has 0 radical (unpaired) electrons. The molecule has 2 aromatic carbocycles. The van der Waals surface area contributed by atoms with Gasteiger partial charge in [-0.1, -0.05) is 13.8 Å². The van der Waals surface area contributed by atoms with Crippen LogP contribution < -0.4 is 5.32 Å². The Morgan fingerprint density at radius 2 is 1.64 bits per heavy atom. The third-order valence-electron chi connectivity index (χ3n) is 3.63. The minimum atomic E-state index is -3.59. The maximum absolute atomic E-state index is 13.6. The summed E-state index contributed by atoms with van der Waals surface area (Å²) in [7, 11) is -3.59. The predicted molar refractivity (Wildman–Crippen MR) is 90.9 cm³/mol. The molecule has 0 fully saturated rings. The molecule has 0 atom stereocenters. The Labute approximate surface area is 145 Å². The van der Waals surface area contributed by atoms with Crippen LogP contribution in [0.15, 0.2) is 47.4 Å². The molecule has 0 aliphatic rings. The van der Waals surface area contributed by atoms with Crippen LogP contribution >= 0.6 is 0 Å². The lowest BCUT2D eigenvalue weighted by Gasteiger charge is -2.18. The number of amides is 1. The summed E-state index contributed by atoms with van der Waals surface area (Å²) in [5.74, 6) is -2.50. The second-order valence-electron chi connectivity index (χ2n) is 5.19. The van der Waals surface area contributed by atoms with Crippen molar-refractivity contribution in [3.8, 4) is 0 Å². The van der Waals surface area contributed by atoms with Crippen LogP contribution in [0.2, 0.25) is 0 Å². The fourth-order valence-corrected chi connectivity index (χ4v) is 3.75. The standard InChI is InChI=1S/C17H18F2N2O3S/c1-3-21(4-2)25(23,24)14-8-6-13(7-9-14)20-17(22)15-10-5-12(18)11-16(15)19/h5-11H,3-4H2,1-2H3,(H,20,22). The lowest BCUT2D eigenvalue weighted by Crippen LogP contribution is -2.30. The number of hydrogen-bond donors (Lipinski definition) is 1. The molecule has 5 nitrogen and oxygen atoms in total. The SMILES string of the molecule is CCN(CC)S(=O)(=O)c1ccc(NC(=O)c2ccc(F)cc2F)cc1. The van der Waals surface area contributed by atoms with Crippen LogP contribution in [0.3, 0.4) is 0 Å². The van der Waals surface area contributed by atoms with Crippen molar-refractivity contribution in [2.45, 2.75) is 18.7 Å². The first-order chi connectivity index (χ1) is 11.8. The Balaban J connectivity index is 2.19. The van der Waals surface area contributed by atoms with Gasteiger partial charge in [-0.15, -0.1) is 0 Å². The summed E-state index contributed by atoms with van der Waals surface area (Å²) in [5, 5.41) is 2.44. The van der Waals surface area contributed by atoms with Crippen molar-refractivity contribution < 1.29 is 22.0 Å². The number of carbonyl (C=O) groups is 1. The highest BCUT2D eigenvalue weighted by atomic mass is 32.2. The molecule has 0 aliphatic carbocycles. The molecular formula is C17H18F2N2O3S. The molecule has 25 heavy (non-hydrogen) atoms. The number of anilines is 1. The molecular weight excluding hydrogens is 350 g/mol. The van der Waals surface area contributed by atoms with Crippen molar-refractivity contribution in [3.63, 3.8) is 0 Å². The zero-order chi connectivity index (χ0) is 18.6. The van der Waals surface area contributed by atoms with E-state index < -0.39 is 27.6 Å². The fraction of sp³-hybridized carbons (Fsp3) is 0.235. The van der Waals surface area contributed by atoms with Crippen LogP contribution in [0.4, 0.5) is 14.5 Å². The van der Waals surface area contributed by atoms with Crippen LogP contribution in [0.25, 0.3) is 0 Å². The molecule has 0 unspecified atom stereocenters. The number of nitrogens with zero attached hydrogens (tertiary/aromatic N) is 1. The lowest BCUT2D eigenvalue weighted by molar-refractivity contribution is 0.102. The summed E-state index contributed by atoms with van der Waals surface area (Å²) in [6, 6.07) is 8.20. The van der Waals surface area contributed by atoms with Crippen molar-refractivity contribution in [3.05, 3.63) is 59.7 Å². The van der Waals surface area contributed by atoms with Crippen molar-refractivity contribution >= 4 is 21.6 Å². The number of benzene rings is 2. The van der Waals surface area contributed by atoms with Crippen molar-refractivity contribution in [2.75, 3.05) is 18.4 Å². The highest BCUT2D eigenvalue weighted by molar-refractivity contribution is 7.89. The largest absolute Gasteiger partial charge is 0.322 e. The van der Waals surface area contributed by atoms with Crippen LogP contribution in [-0.2, 0) is 10.0 Å². The van der Waals surface area contributed by atoms with Gasteiger partial charge in [0.2, 0.25) is 10.0 Å². The van der Waals surface area contributed by atoms with E-state index in [4.69, 9.17) is 0 Å². The van der Waals surface area contributed by atoms with E-state index >= 15 is 0 Å². The molecule has 2 rings (SSSR count). The first-order valence-corrected chi connectivity index (χ1v) is 9.10. The molecule has 0 saturated heterocycles. The summed E-state index contributed by atoms with van der Waals surface area (Å²) in [6.07, 6.45) is 0. The van der Waals surface area contributed by atoms with Crippen molar-refractivity contribution in [1.82, 2.24) is 4.31 Å². The molecule has 0 aliphatic heterocycles. The minimum Gasteiger partial charge on any atom is -0.322 e. The van der Waals surface area contributed by atoms with Crippen LogP contribution in [-0.4, -0.2) is 31.7 Å². The average molecular weight is 368 g/mol. The number of halogens is 2. The minimum absolute atomic E-state index is 0.0992. The molecule has 1 N–H and O–H groups in total. The molecule has 0 aromatic heterocycles. The van der Waals surface area contributed by atoms with Gasteiger partial charge in [-0.25, -0.2) is 17.2 Å². The Kier molecular flexibility index (Phi) is 5.86. The van der Waals surface area contributed by atoms with E-state index in [1.165, 1.54) is 28.6 Å². The molecule has 8 heteroatoms. The smallest absolute Gasteiger partial charge is 0.258 e. The van der Waals surface area contributed by atoms with Gasteiger partial charge in [-0.2, -0.15) is 4.31 Å². The van der Waals surface area contributed by atoms with E-state index in [0.717, 1.165) is 12.1 Å². The van der Waals surface area contributed by atoms with Crippen LogP contribution in [0, 0.1) is 11.6 Å². The predicted octanol–water partition coefficient (Wildman–Crippen LogP) is 3.25. The van der Waals surface area contributed by atoms with Gasteiger partial charge in [-0.3, -0.25) is 4.79 Å². The molecule has 0 spiro atoms. The first-order valence-electron chi connectivity index (χ1n) is 7.66. The Bertz CT molecular complexity index is 864. The summed E-state index contributed by atoms with van der Waals surface area (Å²) in [6.45, 7) is 4.18. The van der Waals surface area contributed by atoms with E-state index in [1.807, 2.05) is 0 Å². The first kappa shape index (κ1) is 19.0. The highest BCUT2D eigenvalue weighted by Crippen LogP contribution is 2.19. The number of rotatable bonds is 6. The van der Waals surface area contributed by atoms with Gasteiger partial charge < -0.3 is 5.32 Å². The molecule has 0 bridgehead atoms. The van der Waals surface area contributed by atoms with Gasteiger partial charge in [-0.05, 0) is 36.4 Å². The highest BCUT2D eigenvalue weighted by Gasteiger charge is 2.21. The van der Waals surface area contributed by atoms with Gasteiger partial charge in [0.05, 0.1) is 10.5 Å². The number of hydrogen-bond acceptors (Lipinski definition) is 3. The Hall–Kier alpha value is -2.32. The molecule has 0 heterocycles. The summed E-state index contributed by atoms with van der Waals surface area (Å²) >= 11 is 0. The number of sulfonamides is 1. The average Bonchev–Trinajstić information content (AvgIpc) is 2.56. The van der Waals surface area contributed by atoms with Gasteiger partial charge in [0.25, 0.3) is 5.91 Å². The Morgan fingerprint density at radius 1 is 1.04 bits per heavy atom. The monoisotopic (exact) mass is 368 g/mol. The van der Waals surface area contributed by atoms with E-state index in [9.17, 15) is 22.0 Å². The summed E-state index contributed by atoms with van der Waals surface area (Å²) in [5.41, 5.74) is -0.00605. The van der Waals surface area contributed by atoms with E-state index in [1.54, 1.807) is 13.8 Å². The maximum atomic E-state index is 13.6. The lowest BCUT2D eigenvalue weighted by atomic mass is 10.2. The zero-order valence-corrected chi connectivity index (χ0v) is 14.6. The third-order valence-corrected chi connectivity index (χ3v) is 5.70. The van der Waals surface area contributed by atoms with E-state index in [2.05, 4.69) is 5.32 Å². The molecule has 2 aromatic rings. The number of carbonyl (C=O) groups excluding carboxylic acids is 1. The van der Waals surface area contributed by atoms with E-state index in [0.29, 0.717) is 24.8 Å². The second kappa shape index (κ2) is 7.71. The summed E-state index contributed by atoms with van der Waals surface area (Å²) < 4.78 is 52.6. The quantitative estimate of drug-likeness (QED) is 0.851. The van der Waals surface area contributed by atoms with Gasteiger partial charge in [0, 0.05) is 24.8 Å². The topological polar surface area (TPSA) is 66.5 Å². The van der Waals surface area contributed by atoms with Crippen molar-refractivity contribution in [2.24, 2.45) is 0 Å². The zero-order valence-electron chi connectivity index (χ0n) is 13.8. The Morgan fingerprint density at radius 3 is 2.16 bits per heavy atom. The van der Waals surface area contributed by atoms with E-state index in [-0.39, 0.29) is 10.5 Å². The number of nitrogens with one attached hydrogen (secondary N) is 1. The molecule has 134 valence electrons. The summed E-state index contributed by atoms with van der Waals surface area (Å²) in [4.78, 5) is 12.1. The van der Waals surface area contributed by atoms with Crippen LogP contribution in [0.1, 0.15) is 24.2 Å². The van der Waals surface area contributed by atoms with Gasteiger partial charge in [0.1, 0.15) is 11.6 Å². The van der Waals surface area contributed by atoms with Gasteiger partial charge in [0.15, 0.2) is 0 Å². The third kappa shape index (κ3) is 4.21.